The van der Waals surface area contributed by atoms with Crippen molar-refractivity contribution in [3.63, 3.8) is 0 Å². The fourth-order valence-electron chi connectivity index (χ4n) is 2.88. The minimum Gasteiger partial charge on any atom is -0.321 e. The van der Waals surface area contributed by atoms with Crippen LogP contribution in [0.2, 0.25) is 0 Å². The first kappa shape index (κ1) is 19.8. The number of halogens is 2. The summed E-state index contributed by atoms with van der Waals surface area (Å²) >= 11 is 0.439. The summed E-state index contributed by atoms with van der Waals surface area (Å²) in [7, 11) is 0. The zero-order valence-corrected chi connectivity index (χ0v) is 16.4. The third-order valence-corrected chi connectivity index (χ3v) is 5.01. The number of rotatable bonds is 6. The second kappa shape index (κ2) is 8.87. The zero-order chi connectivity index (χ0) is 20.9. The van der Waals surface area contributed by atoms with Gasteiger partial charge in [-0.2, -0.15) is 13.9 Å². The van der Waals surface area contributed by atoms with Gasteiger partial charge in [-0.1, -0.05) is 54.2 Å². The van der Waals surface area contributed by atoms with Crippen LogP contribution < -0.4 is 5.32 Å². The number of carbonyl (C=O) groups excluding carboxylic acids is 1. The Morgan fingerprint density at radius 3 is 2.37 bits per heavy atom. The van der Waals surface area contributed by atoms with Crippen LogP contribution >= 0.6 is 11.8 Å². The Morgan fingerprint density at radius 2 is 1.63 bits per heavy atom. The summed E-state index contributed by atoms with van der Waals surface area (Å²) in [6, 6.07) is 22.8. The Balaban J connectivity index is 1.55. The van der Waals surface area contributed by atoms with Crippen molar-refractivity contribution in [2.45, 2.75) is 10.7 Å². The van der Waals surface area contributed by atoms with Gasteiger partial charge in [-0.15, -0.1) is 0 Å². The number of aromatic nitrogens is 3. The van der Waals surface area contributed by atoms with E-state index in [4.69, 9.17) is 0 Å². The molecule has 4 rings (SSSR count). The van der Waals surface area contributed by atoms with Crippen LogP contribution in [-0.2, 0) is 0 Å². The molecule has 0 bridgehead atoms. The topological polar surface area (TPSA) is 70.7 Å². The van der Waals surface area contributed by atoms with Crippen LogP contribution in [0.1, 0.15) is 10.4 Å². The highest BCUT2D eigenvalue weighted by atomic mass is 32.2. The van der Waals surface area contributed by atoms with Crippen LogP contribution in [-0.4, -0.2) is 26.8 Å². The van der Waals surface area contributed by atoms with E-state index < -0.39 is 5.76 Å². The molecule has 0 saturated carbocycles. The number of para-hydroxylation sites is 1. The number of thioether (sulfide) groups is 1. The molecule has 150 valence electrons. The molecular weight excluding hydrogens is 406 g/mol. The minimum atomic E-state index is -2.50. The number of nitrogens with zero attached hydrogens (tertiary/aromatic N) is 2. The minimum absolute atomic E-state index is 0.348. The summed E-state index contributed by atoms with van der Waals surface area (Å²) in [5.74, 6) is -1.77. The number of carbonyl (C=O) groups is 1. The highest BCUT2D eigenvalue weighted by molar-refractivity contribution is 7.99. The molecule has 1 amide bonds. The molecular formula is C22H16F2N4OS. The Labute approximate surface area is 175 Å². The molecule has 0 aliphatic rings. The molecule has 1 aromatic heterocycles. The maximum absolute atomic E-state index is 12.6. The van der Waals surface area contributed by atoms with E-state index in [2.05, 4.69) is 20.5 Å². The third kappa shape index (κ3) is 4.55. The molecule has 0 fully saturated rings. The van der Waals surface area contributed by atoms with Gasteiger partial charge in [-0.3, -0.25) is 9.89 Å². The van der Waals surface area contributed by atoms with Gasteiger partial charge < -0.3 is 5.32 Å². The average Bonchev–Trinajstić information content (AvgIpc) is 3.25. The Morgan fingerprint density at radius 1 is 0.933 bits per heavy atom. The van der Waals surface area contributed by atoms with Crippen molar-refractivity contribution in [1.82, 2.24) is 15.2 Å². The molecule has 1 heterocycles. The average molecular weight is 422 g/mol. The number of anilines is 1. The summed E-state index contributed by atoms with van der Waals surface area (Å²) in [6.07, 6.45) is 0. The standard InChI is InChI=1S/C22H16F2N4OS/c23-22(24)30-16-12-10-15(11-13-16)21(29)25-18-9-5-4-8-17(18)20-26-19(27-28-20)14-6-2-1-3-7-14/h1-13,22H,(H,25,29)(H,26,27,28). The molecule has 5 nitrogen and oxygen atoms in total. The number of aromatic amines is 1. The van der Waals surface area contributed by atoms with Crippen LogP contribution in [0, 0.1) is 0 Å². The van der Waals surface area contributed by atoms with Gasteiger partial charge in [0.05, 0.1) is 5.69 Å². The molecule has 0 aliphatic heterocycles. The number of H-pyrrole nitrogens is 1. The number of nitrogens with one attached hydrogen (secondary N) is 2. The Hall–Kier alpha value is -3.52. The van der Waals surface area contributed by atoms with Crippen molar-refractivity contribution in [2.24, 2.45) is 0 Å². The SMILES string of the molecule is O=C(Nc1ccccc1-c1nc(-c2ccccc2)n[nH]1)c1ccc(SC(F)F)cc1. The lowest BCUT2D eigenvalue weighted by atomic mass is 10.1. The van der Waals surface area contributed by atoms with Gasteiger partial charge in [0.25, 0.3) is 11.7 Å². The summed E-state index contributed by atoms with van der Waals surface area (Å²) < 4.78 is 24.9. The van der Waals surface area contributed by atoms with Crippen LogP contribution in [0.4, 0.5) is 14.5 Å². The molecule has 3 aromatic carbocycles. The second-order valence-electron chi connectivity index (χ2n) is 6.28. The number of amides is 1. The number of hydrogen-bond donors (Lipinski definition) is 2. The van der Waals surface area contributed by atoms with E-state index in [1.54, 1.807) is 12.1 Å². The van der Waals surface area contributed by atoms with Crippen molar-refractivity contribution in [3.8, 4) is 22.8 Å². The first-order valence-electron chi connectivity index (χ1n) is 9.03. The zero-order valence-electron chi connectivity index (χ0n) is 15.5. The maximum atomic E-state index is 12.6. The van der Waals surface area contributed by atoms with Gasteiger partial charge in [0, 0.05) is 21.6 Å². The van der Waals surface area contributed by atoms with Crippen molar-refractivity contribution < 1.29 is 13.6 Å². The fourth-order valence-corrected chi connectivity index (χ4v) is 3.38. The first-order valence-corrected chi connectivity index (χ1v) is 9.91. The smallest absolute Gasteiger partial charge is 0.288 e. The highest BCUT2D eigenvalue weighted by Crippen LogP contribution is 2.28. The normalized spacial score (nSPS) is 10.9. The molecule has 0 radical (unpaired) electrons. The second-order valence-corrected chi connectivity index (χ2v) is 7.34. The van der Waals surface area contributed by atoms with E-state index in [-0.39, 0.29) is 5.91 Å². The molecule has 0 spiro atoms. The van der Waals surface area contributed by atoms with E-state index >= 15 is 0 Å². The largest absolute Gasteiger partial charge is 0.321 e. The fraction of sp³-hybridized carbons (Fsp3) is 0.0455. The van der Waals surface area contributed by atoms with E-state index in [1.165, 1.54) is 24.3 Å². The van der Waals surface area contributed by atoms with E-state index in [0.717, 1.165) is 5.56 Å². The quantitative estimate of drug-likeness (QED) is 0.391. The molecule has 2 N–H and O–H groups in total. The number of hydrogen-bond acceptors (Lipinski definition) is 4. The van der Waals surface area contributed by atoms with Crippen molar-refractivity contribution in [1.29, 1.82) is 0 Å². The number of benzene rings is 3. The lowest BCUT2D eigenvalue weighted by Gasteiger charge is -2.09. The third-order valence-electron chi connectivity index (χ3n) is 4.29. The van der Waals surface area contributed by atoms with Gasteiger partial charge >= 0.3 is 0 Å². The van der Waals surface area contributed by atoms with Crippen molar-refractivity contribution >= 4 is 23.4 Å². The molecule has 0 aliphatic carbocycles. The Kier molecular flexibility index (Phi) is 5.85. The first-order chi connectivity index (χ1) is 14.6. The maximum Gasteiger partial charge on any atom is 0.288 e. The summed E-state index contributed by atoms with van der Waals surface area (Å²) in [6.45, 7) is 0. The number of alkyl halides is 2. The Bertz CT molecular complexity index is 1150. The summed E-state index contributed by atoms with van der Waals surface area (Å²) in [5, 5.41) is 10.0. The van der Waals surface area contributed by atoms with Crippen LogP contribution in [0.3, 0.4) is 0 Å². The molecule has 0 unspecified atom stereocenters. The van der Waals surface area contributed by atoms with E-state index in [9.17, 15) is 13.6 Å². The van der Waals surface area contributed by atoms with Gasteiger partial charge in [-0.25, -0.2) is 4.98 Å². The monoisotopic (exact) mass is 422 g/mol. The molecule has 4 aromatic rings. The predicted molar refractivity (Wildman–Crippen MR) is 114 cm³/mol. The van der Waals surface area contributed by atoms with Gasteiger partial charge in [-0.05, 0) is 36.4 Å². The lowest BCUT2D eigenvalue weighted by molar-refractivity contribution is 0.102. The molecule has 0 atom stereocenters. The molecule has 0 saturated heterocycles. The lowest BCUT2D eigenvalue weighted by Crippen LogP contribution is -2.12. The van der Waals surface area contributed by atoms with Crippen LogP contribution in [0.15, 0.2) is 83.8 Å². The van der Waals surface area contributed by atoms with Crippen LogP contribution in [0.5, 0.6) is 0 Å². The van der Waals surface area contributed by atoms with Crippen molar-refractivity contribution in [2.75, 3.05) is 5.32 Å². The van der Waals surface area contributed by atoms with Gasteiger partial charge in [0.2, 0.25) is 0 Å². The molecule has 8 heteroatoms. The highest BCUT2D eigenvalue weighted by Gasteiger charge is 2.14. The van der Waals surface area contributed by atoms with E-state index in [0.29, 0.717) is 45.1 Å². The van der Waals surface area contributed by atoms with Crippen LogP contribution in [0.25, 0.3) is 22.8 Å². The molecule has 30 heavy (non-hydrogen) atoms. The summed E-state index contributed by atoms with van der Waals surface area (Å²) in [5.41, 5.74) is 2.49. The predicted octanol–water partition coefficient (Wildman–Crippen LogP) is 5.71. The van der Waals surface area contributed by atoms with E-state index in [1.807, 2.05) is 42.5 Å². The van der Waals surface area contributed by atoms with Gasteiger partial charge in [0.1, 0.15) is 0 Å². The summed E-state index contributed by atoms with van der Waals surface area (Å²) in [4.78, 5) is 17.6. The van der Waals surface area contributed by atoms with Crippen molar-refractivity contribution in [3.05, 3.63) is 84.4 Å². The van der Waals surface area contributed by atoms with Gasteiger partial charge in [0.15, 0.2) is 11.6 Å².